The molecule has 0 spiro atoms. The van der Waals surface area contributed by atoms with Gasteiger partial charge in [0.1, 0.15) is 0 Å². The largest absolute Gasteiger partial charge is 0.375 e. The third-order valence-electron chi connectivity index (χ3n) is 1.77. The second-order valence-electron chi connectivity index (χ2n) is 2.50. The fourth-order valence-electron chi connectivity index (χ4n) is 1.15. The van der Waals surface area contributed by atoms with E-state index < -0.39 is 0 Å². The fourth-order valence-corrected chi connectivity index (χ4v) is 2.32. The van der Waals surface area contributed by atoms with Gasteiger partial charge < -0.3 is 5.32 Å². The molecule has 0 radical (unpaired) electrons. The molecular formula is C8H10NPS. The minimum absolute atomic E-state index is 1.02. The molecule has 0 bridgehead atoms. The SMILES string of the molecule is PCc1ccc2c(c1)SCN2. The lowest BCUT2D eigenvalue weighted by Gasteiger charge is -1.99. The number of rotatable bonds is 1. The van der Waals surface area contributed by atoms with Crippen LogP contribution >= 0.6 is 21.0 Å². The average molecular weight is 183 g/mol. The molecule has 0 aliphatic carbocycles. The summed E-state index contributed by atoms with van der Waals surface area (Å²) >= 11 is 1.88. The van der Waals surface area contributed by atoms with Crippen LogP contribution < -0.4 is 5.32 Å². The molecule has 1 aromatic rings. The first kappa shape index (κ1) is 7.45. The molecular weight excluding hydrogens is 173 g/mol. The standard InChI is InChI=1S/C8H10NPS/c10-4-6-1-2-7-8(3-6)11-5-9-7/h1-3,9H,4-5,10H2. The maximum atomic E-state index is 3.31. The van der Waals surface area contributed by atoms with E-state index in [1.165, 1.54) is 16.1 Å². The Kier molecular flexibility index (Phi) is 2.06. The van der Waals surface area contributed by atoms with Crippen LogP contribution in [0.1, 0.15) is 5.56 Å². The fraction of sp³-hybridized carbons (Fsp3) is 0.250. The van der Waals surface area contributed by atoms with Crippen LogP contribution in [0.15, 0.2) is 23.1 Å². The zero-order valence-corrected chi connectivity index (χ0v) is 8.10. The normalized spacial score (nSPS) is 14.3. The molecule has 1 heterocycles. The maximum absolute atomic E-state index is 3.31. The van der Waals surface area contributed by atoms with Crippen molar-refractivity contribution >= 4 is 26.7 Å². The predicted molar refractivity (Wildman–Crippen MR) is 54.2 cm³/mol. The number of anilines is 1. The molecule has 1 unspecified atom stereocenters. The molecule has 1 nitrogen and oxygen atoms in total. The molecule has 1 aromatic carbocycles. The first-order chi connectivity index (χ1) is 5.40. The van der Waals surface area contributed by atoms with Crippen molar-refractivity contribution in [3.05, 3.63) is 23.8 Å². The minimum Gasteiger partial charge on any atom is -0.375 e. The van der Waals surface area contributed by atoms with Crippen molar-refractivity contribution in [1.29, 1.82) is 0 Å². The van der Waals surface area contributed by atoms with E-state index in [1.807, 2.05) is 11.8 Å². The van der Waals surface area contributed by atoms with Crippen LogP contribution in [-0.4, -0.2) is 5.88 Å². The summed E-state index contributed by atoms with van der Waals surface area (Å²) in [5.74, 6) is 1.02. The van der Waals surface area contributed by atoms with Gasteiger partial charge in [-0.2, -0.15) is 0 Å². The Morgan fingerprint density at radius 3 is 3.27 bits per heavy atom. The molecule has 1 aliphatic rings. The summed E-state index contributed by atoms with van der Waals surface area (Å²) in [4.78, 5) is 1.39. The van der Waals surface area contributed by atoms with E-state index in [9.17, 15) is 0 Å². The van der Waals surface area contributed by atoms with Crippen molar-refractivity contribution in [1.82, 2.24) is 0 Å². The van der Waals surface area contributed by atoms with E-state index in [2.05, 4.69) is 32.8 Å². The van der Waals surface area contributed by atoms with Gasteiger partial charge in [-0.3, -0.25) is 0 Å². The molecule has 1 N–H and O–H groups in total. The molecule has 1 atom stereocenters. The molecule has 0 aromatic heterocycles. The van der Waals surface area contributed by atoms with Gasteiger partial charge in [-0.05, 0) is 23.9 Å². The average Bonchev–Trinajstić information content (AvgIpc) is 2.50. The third kappa shape index (κ3) is 1.38. The molecule has 0 amide bonds. The summed E-state index contributed by atoms with van der Waals surface area (Å²) in [5.41, 5.74) is 2.68. The molecule has 2 rings (SSSR count). The van der Waals surface area contributed by atoms with Crippen molar-refractivity contribution in [2.45, 2.75) is 11.1 Å². The van der Waals surface area contributed by atoms with Crippen LogP contribution in [0.25, 0.3) is 0 Å². The number of hydrogen-bond acceptors (Lipinski definition) is 2. The Hall–Kier alpha value is -0.200. The molecule has 0 saturated carbocycles. The van der Waals surface area contributed by atoms with Crippen LogP contribution in [0.2, 0.25) is 0 Å². The number of thioether (sulfide) groups is 1. The van der Waals surface area contributed by atoms with Gasteiger partial charge in [-0.15, -0.1) is 21.0 Å². The molecule has 1 aliphatic heterocycles. The highest BCUT2D eigenvalue weighted by Crippen LogP contribution is 2.34. The van der Waals surface area contributed by atoms with Crippen LogP contribution in [0.5, 0.6) is 0 Å². The van der Waals surface area contributed by atoms with Crippen LogP contribution in [0, 0.1) is 0 Å². The van der Waals surface area contributed by atoms with E-state index in [-0.39, 0.29) is 0 Å². The lowest BCUT2D eigenvalue weighted by Crippen LogP contribution is -1.87. The Morgan fingerprint density at radius 2 is 2.45 bits per heavy atom. The van der Waals surface area contributed by atoms with Crippen LogP contribution in [0.4, 0.5) is 5.69 Å². The highest BCUT2D eigenvalue weighted by Gasteiger charge is 2.09. The van der Waals surface area contributed by atoms with Crippen LogP contribution in [-0.2, 0) is 6.16 Å². The lowest BCUT2D eigenvalue weighted by molar-refractivity contribution is 1.33. The van der Waals surface area contributed by atoms with Crippen molar-refractivity contribution in [2.75, 3.05) is 11.2 Å². The summed E-state index contributed by atoms with van der Waals surface area (Å²) in [5, 5.41) is 3.31. The van der Waals surface area contributed by atoms with Crippen molar-refractivity contribution < 1.29 is 0 Å². The second-order valence-corrected chi connectivity index (χ2v) is 3.93. The van der Waals surface area contributed by atoms with Gasteiger partial charge in [-0.1, -0.05) is 6.07 Å². The maximum Gasteiger partial charge on any atom is 0.0658 e. The summed E-state index contributed by atoms with van der Waals surface area (Å²) in [6.45, 7) is 0. The molecule has 0 fully saturated rings. The van der Waals surface area contributed by atoms with E-state index in [0.29, 0.717) is 0 Å². The van der Waals surface area contributed by atoms with E-state index in [1.54, 1.807) is 0 Å². The number of nitrogens with one attached hydrogen (secondary N) is 1. The Bertz CT molecular complexity index is 275. The molecule has 58 valence electrons. The van der Waals surface area contributed by atoms with E-state index in [4.69, 9.17) is 0 Å². The van der Waals surface area contributed by atoms with Crippen LogP contribution in [0.3, 0.4) is 0 Å². The molecule has 3 heteroatoms. The minimum atomic E-state index is 1.02. The van der Waals surface area contributed by atoms with Crippen molar-refractivity contribution in [3.63, 3.8) is 0 Å². The van der Waals surface area contributed by atoms with Gasteiger partial charge in [0.2, 0.25) is 0 Å². The topological polar surface area (TPSA) is 12.0 Å². The Balaban J connectivity index is 2.41. The highest BCUT2D eigenvalue weighted by atomic mass is 32.2. The van der Waals surface area contributed by atoms with Gasteiger partial charge in [-0.25, -0.2) is 0 Å². The van der Waals surface area contributed by atoms with Crippen molar-refractivity contribution in [3.8, 4) is 0 Å². The summed E-state index contributed by atoms with van der Waals surface area (Å²) in [6, 6.07) is 6.59. The van der Waals surface area contributed by atoms with E-state index in [0.717, 1.165) is 12.0 Å². The number of benzene rings is 1. The monoisotopic (exact) mass is 183 g/mol. The molecule has 11 heavy (non-hydrogen) atoms. The predicted octanol–water partition coefficient (Wildman–Crippen LogP) is 2.54. The van der Waals surface area contributed by atoms with Crippen molar-refractivity contribution in [2.24, 2.45) is 0 Å². The molecule has 0 saturated heterocycles. The summed E-state index contributed by atoms with van der Waals surface area (Å²) in [6.07, 6.45) is 1.05. The van der Waals surface area contributed by atoms with Gasteiger partial charge in [0.15, 0.2) is 0 Å². The zero-order chi connectivity index (χ0) is 7.68. The van der Waals surface area contributed by atoms with Gasteiger partial charge in [0.25, 0.3) is 0 Å². The van der Waals surface area contributed by atoms with Gasteiger partial charge in [0.05, 0.1) is 5.88 Å². The van der Waals surface area contributed by atoms with E-state index >= 15 is 0 Å². The zero-order valence-electron chi connectivity index (χ0n) is 6.13. The van der Waals surface area contributed by atoms with Gasteiger partial charge in [0, 0.05) is 10.6 Å². The first-order valence-corrected chi connectivity index (χ1v) is 5.40. The Labute approximate surface area is 73.2 Å². The smallest absolute Gasteiger partial charge is 0.0658 e. The number of fused-ring (bicyclic) bond motifs is 1. The summed E-state index contributed by atoms with van der Waals surface area (Å²) in [7, 11) is 2.74. The second kappa shape index (κ2) is 3.04. The first-order valence-electron chi connectivity index (χ1n) is 3.60. The Morgan fingerprint density at radius 1 is 1.55 bits per heavy atom. The summed E-state index contributed by atoms with van der Waals surface area (Å²) < 4.78 is 0. The number of hydrogen-bond donors (Lipinski definition) is 1. The lowest BCUT2D eigenvalue weighted by atomic mass is 10.2. The van der Waals surface area contributed by atoms with Gasteiger partial charge >= 0.3 is 0 Å². The quantitative estimate of drug-likeness (QED) is 0.671. The highest BCUT2D eigenvalue weighted by molar-refractivity contribution is 7.99. The third-order valence-corrected chi connectivity index (χ3v) is 3.18.